The van der Waals surface area contributed by atoms with Crippen molar-refractivity contribution in [3.05, 3.63) is 58.6 Å². The van der Waals surface area contributed by atoms with E-state index >= 15 is 0 Å². The summed E-state index contributed by atoms with van der Waals surface area (Å²) in [5.74, 6) is -0.918. The standard InChI is InChI=1S/C22H24ClNO7/c1-12-8-16(25)20(26)18(31-12)11-30-22(28)14-9-15(23)19(17(10-14)29-2)24-21(27)13-6-4-3-5-7-13/h3-7,9-10,12,16,18,20,25-26H,8,11H2,1-2H3,(H,24,27)/t12?,16-,18-,20+/m1/s1. The van der Waals surface area contributed by atoms with Gasteiger partial charge in [-0.05, 0) is 31.2 Å². The molecule has 0 spiro atoms. The lowest BCUT2D eigenvalue weighted by molar-refractivity contribution is -0.175. The molecule has 1 saturated heterocycles. The third-order valence-electron chi connectivity index (χ3n) is 4.92. The van der Waals surface area contributed by atoms with E-state index < -0.39 is 24.3 Å². The molecule has 1 heterocycles. The molecule has 1 aliphatic rings. The molecule has 0 radical (unpaired) electrons. The van der Waals surface area contributed by atoms with Gasteiger partial charge in [0.15, 0.2) is 0 Å². The van der Waals surface area contributed by atoms with E-state index in [0.29, 0.717) is 12.0 Å². The molecule has 1 aliphatic heterocycles. The van der Waals surface area contributed by atoms with Crippen LogP contribution in [0.1, 0.15) is 34.1 Å². The lowest BCUT2D eigenvalue weighted by Gasteiger charge is -2.35. The number of esters is 1. The first-order chi connectivity index (χ1) is 14.8. The third-order valence-corrected chi connectivity index (χ3v) is 5.22. The fraction of sp³-hybridized carbons (Fsp3) is 0.364. The zero-order valence-corrected chi connectivity index (χ0v) is 17.8. The third kappa shape index (κ3) is 5.54. The minimum absolute atomic E-state index is 0.0913. The predicted octanol–water partition coefficient (Wildman–Crippen LogP) is 2.66. The second kappa shape index (κ2) is 10.1. The van der Waals surface area contributed by atoms with Crippen LogP contribution in [0.25, 0.3) is 0 Å². The number of methoxy groups -OCH3 is 1. The summed E-state index contributed by atoms with van der Waals surface area (Å²) in [6, 6.07) is 11.3. The molecule has 166 valence electrons. The van der Waals surface area contributed by atoms with Gasteiger partial charge in [-0.3, -0.25) is 4.79 Å². The highest BCUT2D eigenvalue weighted by molar-refractivity contribution is 6.34. The van der Waals surface area contributed by atoms with E-state index in [2.05, 4.69) is 5.32 Å². The average Bonchev–Trinajstić information content (AvgIpc) is 2.76. The van der Waals surface area contributed by atoms with Gasteiger partial charge in [0.25, 0.3) is 5.91 Å². The van der Waals surface area contributed by atoms with Crippen LogP contribution in [0.2, 0.25) is 5.02 Å². The largest absolute Gasteiger partial charge is 0.494 e. The van der Waals surface area contributed by atoms with Crippen molar-refractivity contribution >= 4 is 29.2 Å². The number of amides is 1. The summed E-state index contributed by atoms with van der Waals surface area (Å²) in [4.78, 5) is 24.9. The number of hydrogen-bond donors (Lipinski definition) is 3. The Morgan fingerprint density at radius 1 is 1.19 bits per heavy atom. The van der Waals surface area contributed by atoms with Crippen LogP contribution in [0.3, 0.4) is 0 Å². The topological polar surface area (TPSA) is 114 Å². The van der Waals surface area contributed by atoms with Gasteiger partial charge in [0, 0.05) is 12.0 Å². The molecule has 0 bridgehead atoms. The molecule has 0 aliphatic carbocycles. The van der Waals surface area contributed by atoms with Gasteiger partial charge in [-0.2, -0.15) is 0 Å². The summed E-state index contributed by atoms with van der Waals surface area (Å²) in [7, 11) is 1.38. The maximum Gasteiger partial charge on any atom is 0.338 e. The lowest BCUT2D eigenvalue weighted by Crippen LogP contribution is -2.49. The first kappa shape index (κ1) is 23.0. The molecule has 1 unspecified atom stereocenters. The Hall–Kier alpha value is -2.65. The number of rotatable bonds is 6. The summed E-state index contributed by atoms with van der Waals surface area (Å²) < 4.78 is 16.1. The van der Waals surface area contributed by atoms with Gasteiger partial charge in [0.1, 0.15) is 30.3 Å². The van der Waals surface area contributed by atoms with Crippen LogP contribution in [-0.4, -0.2) is 60.2 Å². The zero-order valence-electron chi connectivity index (χ0n) is 17.1. The number of anilines is 1. The number of halogens is 1. The van der Waals surface area contributed by atoms with Crippen LogP contribution < -0.4 is 10.1 Å². The normalized spacial score (nSPS) is 23.1. The Morgan fingerprint density at radius 3 is 2.58 bits per heavy atom. The zero-order chi connectivity index (χ0) is 22.5. The van der Waals surface area contributed by atoms with Gasteiger partial charge < -0.3 is 29.7 Å². The Balaban J connectivity index is 1.71. The Labute approximate surface area is 184 Å². The molecule has 1 fully saturated rings. The van der Waals surface area contributed by atoms with Crippen molar-refractivity contribution in [2.45, 2.75) is 37.8 Å². The van der Waals surface area contributed by atoms with Crippen molar-refractivity contribution in [3.8, 4) is 5.75 Å². The van der Waals surface area contributed by atoms with Crippen molar-refractivity contribution in [1.29, 1.82) is 0 Å². The van der Waals surface area contributed by atoms with Crippen LogP contribution in [0.15, 0.2) is 42.5 Å². The van der Waals surface area contributed by atoms with Crippen molar-refractivity contribution in [2.75, 3.05) is 19.0 Å². The number of nitrogens with one attached hydrogen (secondary N) is 1. The van der Waals surface area contributed by atoms with Gasteiger partial charge >= 0.3 is 5.97 Å². The molecule has 0 saturated carbocycles. The SMILES string of the molecule is COc1cc(C(=O)OC[C@H]2OC(C)C[C@@H](O)[C@@H]2O)cc(Cl)c1NC(=O)c1ccccc1. The van der Waals surface area contributed by atoms with E-state index in [4.69, 9.17) is 25.8 Å². The maximum absolute atomic E-state index is 12.5. The molecule has 3 N–H and O–H groups in total. The van der Waals surface area contributed by atoms with E-state index in [1.807, 2.05) is 0 Å². The highest BCUT2D eigenvalue weighted by Gasteiger charge is 2.35. The van der Waals surface area contributed by atoms with Gasteiger partial charge in [0.05, 0.1) is 29.9 Å². The molecule has 1 amide bonds. The summed E-state index contributed by atoms with van der Waals surface area (Å²) in [6.45, 7) is 1.52. The van der Waals surface area contributed by atoms with Crippen LogP contribution >= 0.6 is 11.6 Å². The van der Waals surface area contributed by atoms with Crippen LogP contribution in [0.5, 0.6) is 5.75 Å². The molecule has 2 aromatic carbocycles. The van der Waals surface area contributed by atoms with Gasteiger partial charge in [-0.25, -0.2) is 4.79 Å². The van der Waals surface area contributed by atoms with Crippen LogP contribution in [0.4, 0.5) is 5.69 Å². The van der Waals surface area contributed by atoms with E-state index in [9.17, 15) is 19.8 Å². The minimum atomic E-state index is -1.15. The highest BCUT2D eigenvalue weighted by Crippen LogP contribution is 2.34. The van der Waals surface area contributed by atoms with E-state index in [0.717, 1.165) is 0 Å². The second-order valence-electron chi connectivity index (χ2n) is 7.23. The highest BCUT2D eigenvalue weighted by atomic mass is 35.5. The molecule has 4 atom stereocenters. The van der Waals surface area contributed by atoms with E-state index in [1.54, 1.807) is 37.3 Å². The lowest BCUT2D eigenvalue weighted by atomic mass is 9.99. The number of carbonyl (C=O) groups excluding carboxylic acids is 2. The fourth-order valence-corrected chi connectivity index (χ4v) is 3.56. The Bertz CT molecular complexity index is 937. The van der Waals surface area contributed by atoms with Crippen LogP contribution in [-0.2, 0) is 9.47 Å². The first-order valence-electron chi connectivity index (χ1n) is 9.72. The number of aliphatic hydroxyl groups excluding tert-OH is 2. The molecule has 3 rings (SSSR count). The number of hydrogen-bond acceptors (Lipinski definition) is 7. The summed E-state index contributed by atoms with van der Waals surface area (Å²) in [5, 5.41) is 22.7. The smallest absolute Gasteiger partial charge is 0.338 e. The fourth-order valence-electron chi connectivity index (χ4n) is 3.30. The summed E-state index contributed by atoms with van der Waals surface area (Å²) >= 11 is 6.30. The Morgan fingerprint density at radius 2 is 1.90 bits per heavy atom. The first-order valence-corrected chi connectivity index (χ1v) is 10.1. The quantitative estimate of drug-likeness (QED) is 0.581. The van der Waals surface area contributed by atoms with Crippen molar-refractivity contribution in [1.82, 2.24) is 0 Å². The molecule has 8 nitrogen and oxygen atoms in total. The van der Waals surface area contributed by atoms with Crippen LogP contribution in [0, 0.1) is 0 Å². The number of benzene rings is 2. The molecule has 2 aromatic rings. The molecule has 31 heavy (non-hydrogen) atoms. The van der Waals surface area contributed by atoms with E-state index in [1.165, 1.54) is 19.2 Å². The second-order valence-corrected chi connectivity index (χ2v) is 7.64. The predicted molar refractivity (Wildman–Crippen MR) is 114 cm³/mol. The Kier molecular flexibility index (Phi) is 7.50. The van der Waals surface area contributed by atoms with Crippen molar-refractivity contribution in [2.24, 2.45) is 0 Å². The molecular formula is C22H24ClNO7. The summed E-state index contributed by atoms with van der Waals surface area (Å²) in [5.41, 5.74) is 0.752. The van der Waals surface area contributed by atoms with Gasteiger partial charge in [0.2, 0.25) is 0 Å². The van der Waals surface area contributed by atoms with Crippen molar-refractivity contribution in [3.63, 3.8) is 0 Å². The maximum atomic E-state index is 12.5. The van der Waals surface area contributed by atoms with Gasteiger partial charge in [-0.15, -0.1) is 0 Å². The monoisotopic (exact) mass is 449 g/mol. The number of carbonyl (C=O) groups is 2. The number of ether oxygens (including phenoxy) is 3. The minimum Gasteiger partial charge on any atom is -0.494 e. The summed E-state index contributed by atoms with van der Waals surface area (Å²) in [6.07, 6.45) is -2.92. The average molecular weight is 450 g/mol. The van der Waals surface area contributed by atoms with Gasteiger partial charge in [-0.1, -0.05) is 29.8 Å². The molecular weight excluding hydrogens is 426 g/mol. The molecule has 0 aromatic heterocycles. The van der Waals surface area contributed by atoms with Crippen molar-refractivity contribution < 1.29 is 34.0 Å². The van der Waals surface area contributed by atoms with E-state index in [-0.39, 0.29) is 40.6 Å². The molecule has 9 heteroatoms. The number of aliphatic hydroxyl groups is 2.